The molecule has 9 heteroatoms. The van der Waals surface area contributed by atoms with Crippen LogP contribution in [0, 0.1) is 6.92 Å². The Morgan fingerprint density at radius 1 is 1.15 bits per heavy atom. The van der Waals surface area contributed by atoms with E-state index in [1.807, 2.05) is 60.9 Å². The van der Waals surface area contributed by atoms with E-state index in [1.54, 1.807) is 20.3 Å². The molecule has 174 valence electrons. The van der Waals surface area contributed by atoms with Gasteiger partial charge in [0.05, 0.1) is 25.7 Å². The summed E-state index contributed by atoms with van der Waals surface area (Å²) in [6.07, 6.45) is 1.36. The van der Waals surface area contributed by atoms with Gasteiger partial charge in [-0.25, -0.2) is 0 Å². The van der Waals surface area contributed by atoms with Crippen molar-refractivity contribution < 1.29 is 19.0 Å². The van der Waals surface area contributed by atoms with E-state index in [0.29, 0.717) is 40.5 Å². The number of aryl methyl sites for hydroxylation is 1. The summed E-state index contributed by atoms with van der Waals surface area (Å²) in [6, 6.07) is 13.1. The molecule has 0 aliphatic carbocycles. The number of aromatic nitrogens is 3. The SMILES string of the molecule is C=CCn1c(SCC(=O)Nc2cc(C)ccc2OC)nnc1C(C)Oc1ccccc1OC. The van der Waals surface area contributed by atoms with E-state index in [2.05, 4.69) is 22.1 Å². The first-order chi connectivity index (χ1) is 16.0. The molecule has 0 aliphatic rings. The number of nitrogens with zero attached hydrogens (tertiary/aromatic N) is 3. The van der Waals surface area contributed by atoms with Crippen molar-refractivity contribution in [1.82, 2.24) is 14.8 Å². The third-order valence-corrected chi connectivity index (χ3v) is 5.72. The van der Waals surface area contributed by atoms with Crippen molar-refractivity contribution in [2.24, 2.45) is 0 Å². The van der Waals surface area contributed by atoms with Crippen molar-refractivity contribution in [3.63, 3.8) is 0 Å². The molecule has 33 heavy (non-hydrogen) atoms. The van der Waals surface area contributed by atoms with Crippen LogP contribution in [0.4, 0.5) is 5.69 Å². The number of thioether (sulfide) groups is 1. The van der Waals surface area contributed by atoms with Crippen LogP contribution in [0.5, 0.6) is 17.2 Å². The monoisotopic (exact) mass is 468 g/mol. The Hall–Kier alpha value is -3.46. The van der Waals surface area contributed by atoms with E-state index in [0.717, 1.165) is 5.56 Å². The quantitative estimate of drug-likeness (QED) is 0.323. The summed E-state index contributed by atoms with van der Waals surface area (Å²) in [5, 5.41) is 12.1. The summed E-state index contributed by atoms with van der Waals surface area (Å²) in [5.41, 5.74) is 1.66. The number of methoxy groups -OCH3 is 2. The maximum absolute atomic E-state index is 12.6. The van der Waals surface area contributed by atoms with Crippen molar-refractivity contribution >= 4 is 23.4 Å². The van der Waals surface area contributed by atoms with Gasteiger partial charge in [0.25, 0.3) is 0 Å². The fourth-order valence-electron chi connectivity index (χ4n) is 3.20. The Morgan fingerprint density at radius 2 is 1.88 bits per heavy atom. The zero-order valence-electron chi connectivity index (χ0n) is 19.2. The van der Waals surface area contributed by atoms with E-state index >= 15 is 0 Å². The Balaban J connectivity index is 1.71. The van der Waals surface area contributed by atoms with Crippen molar-refractivity contribution in [2.75, 3.05) is 25.3 Å². The van der Waals surface area contributed by atoms with Gasteiger partial charge in [0, 0.05) is 6.54 Å². The lowest BCUT2D eigenvalue weighted by Crippen LogP contribution is -2.16. The molecule has 1 atom stereocenters. The molecular formula is C24H28N4O4S. The molecule has 8 nitrogen and oxygen atoms in total. The number of ether oxygens (including phenoxy) is 3. The van der Waals surface area contributed by atoms with Crippen LogP contribution in [-0.2, 0) is 11.3 Å². The van der Waals surface area contributed by atoms with Crippen LogP contribution < -0.4 is 19.5 Å². The van der Waals surface area contributed by atoms with Crippen LogP contribution in [0.15, 0.2) is 60.3 Å². The molecule has 0 spiro atoms. The first-order valence-electron chi connectivity index (χ1n) is 10.4. The lowest BCUT2D eigenvalue weighted by Gasteiger charge is -2.17. The van der Waals surface area contributed by atoms with E-state index in [9.17, 15) is 4.79 Å². The average Bonchev–Trinajstić information content (AvgIpc) is 3.21. The average molecular weight is 469 g/mol. The molecule has 1 heterocycles. The van der Waals surface area contributed by atoms with Gasteiger partial charge in [0.2, 0.25) is 5.91 Å². The molecule has 1 unspecified atom stereocenters. The summed E-state index contributed by atoms with van der Waals surface area (Å²) < 4.78 is 18.7. The number of nitrogens with one attached hydrogen (secondary N) is 1. The molecule has 3 aromatic rings. The Labute approximate surface area is 198 Å². The van der Waals surface area contributed by atoms with Gasteiger partial charge in [-0.05, 0) is 43.7 Å². The fourth-order valence-corrected chi connectivity index (χ4v) is 3.96. The number of rotatable bonds is 11. The van der Waals surface area contributed by atoms with E-state index in [-0.39, 0.29) is 11.7 Å². The molecule has 0 saturated carbocycles. The number of hydrogen-bond acceptors (Lipinski definition) is 7. The second-order valence-corrected chi connectivity index (χ2v) is 8.13. The summed E-state index contributed by atoms with van der Waals surface area (Å²) >= 11 is 1.29. The largest absolute Gasteiger partial charge is 0.495 e. The number of carbonyl (C=O) groups is 1. The molecule has 0 bridgehead atoms. The molecule has 3 rings (SSSR count). The van der Waals surface area contributed by atoms with Gasteiger partial charge < -0.3 is 19.5 Å². The Kier molecular flexibility index (Phi) is 8.37. The molecule has 1 N–H and O–H groups in total. The maximum atomic E-state index is 12.6. The summed E-state index contributed by atoms with van der Waals surface area (Å²) in [7, 11) is 3.17. The normalized spacial score (nSPS) is 11.5. The van der Waals surface area contributed by atoms with Gasteiger partial charge in [-0.1, -0.05) is 36.0 Å². The van der Waals surface area contributed by atoms with Gasteiger partial charge in [-0.3, -0.25) is 9.36 Å². The van der Waals surface area contributed by atoms with Crippen molar-refractivity contribution in [3.05, 3.63) is 66.5 Å². The molecule has 2 aromatic carbocycles. The minimum atomic E-state index is -0.395. The number of allylic oxidation sites excluding steroid dienone is 1. The number of anilines is 1. The van der Waals surface area contributed by atoms with Crippen LogP contribution in [0.25, 0.3) is 0 Å². The third-order valence-electron chi connectivity index (χ3n) is 4.75. The van der Waals surface area contributed by atoms with E-state index in [1.165, 1.54) is 11.8 Å². The Bertz CT molecular complexity index is 1120. The number of para-hydroxylation sites is 2. The van der Waals surface area contributed by atoms with Crippen molar-refractivity contribution in [3.8, 4) is 17.2 Å². The minimum Gasteiger partial charge on any atom is -0.495 e. The van der Waals surface area contributed by atoms with Crippen LogP contribution in [0.3, 0.4) is 0 Å². The van der Waals surface area contributed by atoms with E-state index in [4.69, 9.17) is 14.2 Å². The van der Waals surface area contributed by atoms with Crippen LogP contribution in [0.1, 0.15) is 24.4 Å². The third kappa shape index (κ3) is 6.07. The predicted octanol–water partition coefficient (Wildman–Crippen LogP) is 4.66. The fraction of sp³-hybridized carbons (Fsp3) is 0.292. The lowest BCUT2D eigenvalue weighted by molar-refractivity contribution is -0.113. The summed E-state index contributed by atoms with van der Waals surface area (Å²) in [4.78, 5) is 12.6. The molecule has 1 aromatic heterocycles. The Morgan fingerprint density at radius 3 is 2.58 bits per heavy atom. The number of amides is 1. The molecule has 0 aliphatic heterocycles. The summed E-state index contributed by atoms with van der Waals surface area (Å²) in [5.74, 6) is 2.48. The predicted molar refractivity (Wildman–Crippen MR) is 129 cm³/mol. The highest BCUT2D eigenvalue weighted by Gasteiger charge is 2.21. The van der Waals surface area contributed by atoms with Crippen LogP contribution in [-0.4, -0.2) is 40.6 Å². The van der Waals surface area contributed by atoms with Gasteiger partial charge in [-0.2, -0.15) is 0 Å². The summed E-state index contributed by atoms with van der Waals surface area (Å²) in [6.45, 7) is 8.16. The van der Waals surface area contributed by atoms with Crippen LogP contribution in [0.2, 0.25) is 0 Å². The van der Waals surface area contributed by atoms with Crippen molar-refractivity contribution in [1.29, 1.82) is 0 Å². The van der Waals surface area contributed by atoms with Crippen LogP contribution >= 0.6 is 11.8 Å². The second kappa shape index (κ2) is 11.4. The maximum Gasteiger partial charge on any atom is 0.234 e. The standard InChI is InChI=1S/C24H28N4O4S/c1-6-13-28-23(17(3)32-21-10-8-7-9-20(21)31-5)26-27-24(28)33-15-22(29)25-18-14-16(2)11-12-19(18)30-4/h6-12,14,17H,1,13,15H2,2-5H3,(H,25,29). The zero-order chi connectivity index (χ0) is 23.8. The minimum absolute atomic E-state index is 0.161. The second-order valence-electron chi connectivity index (χ2n) is 7.19. The van der Waals surface area contributed by atoms with Crippen molar-refractivity contribution in [2.45, 2.75) is 31.7 Å². The van der Waals surface area contributed by atoms with Gasteiger partial charge in [0.15, 0.2) is 28.6 Å². The first-order valence-corrected chi connectivity index (χ1v) is 11.4. The number of carbonyl (C=O) groups excluding carboxylic acids is 1. The van der Waals surface area contributed by atoms with E-state index < -0.39 is 6.10 Å². The highest BCUT2D eigenvalue weighted by Crippen LogP contribution is 2.31. The van der Waals surface area contributed by atoms with Gasteiger partial charge in [0.1, 0.15) is 5.75 Å². The lowest BCUT2D eigenvalue weighted by atomic mass is 10.2. The number of hydrogen-bond donors (Lipinski definition) is 1. The molecule has 0 radical (unpaired) electrons. The molecule has 0 saturated heterocycles. The zero-order valence-corrected chi connectivity index (χ0v) is 20.0. The highest BCUT2D eigenvalue weighted by atomic mass is 32.2. The topological polar surface area (TPSA) is 87.5 Å². The van der Waals surface area contributed by atoms with Gasteiger partial charge in [-0.15, -0.1) is 16.8 Å². The van der Waals surface area contributed by atoms with Gasteiger partial charge >= 0.3 is 0 Å². The highest BCUT2D eigenvalue weighted by molar-refractivity contribution is 7.99. The smallest absolute Gasteiger partial charge is 0.234 e. The number of benzene rings is 2. The molecule has 1 amide bonds. The first kappa shape index (κ1) is 24.2. The molecule has 0 fully saturated rings. The molecular weight excluding hydrogens is 440 g/mol.